The summed E-state index contributed by atoms with van der Waals surface area (Å²) in [6.45, 7) is 12.8. The highest BCUT2D eigenvalue weighted by Crippen LogP contribution is 2.26. The first-order valence-corrected chi connectivity index (χ1v) is 7.35. The molecule has 0 aliphatic rings. The summed E-state index contributed by atoms with van der Waals surface area (Å²) in [4.78, 5) is 8.01. The van der Waals surface area contributed by atoms with E-state index in [1.165, 1.54) is 5.57 Å². The zero-order valence-electron chi connectivity index (χ0n) is 11.8. The Kier molecular flexibility index (Phi) is 4.56. The molecule has 0 spiro atoms. The van der Waals surface area contributed by atoms with E-state index in [1.54, 1.807) is 11.3 Å². The van der Waals surface area contributed by atoms with E-state index >= 15 is 0 Å². The van der Waals surface area contributed by atoms with Crippen LogP contribution in [-0.2, 0) is 6.54 Å². The highest BCUT2D eigenvalue weighted by atomic mass is 32.1. The van der Waals surface area contributed by atoms with Crippen LogP contribution in [0.25, 0.3) is 10.8 Å². The number of oxazole rings is 1. The molecule has 0 aromatic carbocycles. The van der Waals surface area contributed by atoms with Crippen LogP contribution in [0.4, 0.5) is 0 Å². The van der Waals surface area contributed by atoms with Crippen molar-refractivity contribution in [1.82, 2.24) is 9.88 Å². The first-order valence-electron chi connectivity index (χ1n) is 6.47. The van der Waals surface area contributed by atoms with Crippen LogP contribution in [0.3, 0.4) is 0 Å². The van der Waals surface area contributed by atoms with Gasteiger partial charge < -0.3 is 4.42 Å². The second kappa shape index (κ2) is 6.17. The van der Waals surface area contributed by atoms with Gasteiger partial charge >= 0.3 is 0 Å². The zero-order chi connectivity index (χ0) is 13.8. The minimum atomic E-state index is 0.730. The summed E-state index contributed by atoms with van der Waals surface area (Å²) >= 11 is 1.65. The van der Waals surface area contributed by atoms with Gasteiger partial charge in [-0.15, -0.1) is 11.3 Å². The molecule has 2 aromatic rings. The Morgan fingerprint density at radius 2 is 2.32 bits per heavy atom. The van der Waals surface area contributed by atoms with Crippen molar-refractivity contribution in [3.63, 3.8) is 0 Å². The molecule has 0 radical (unpaired) electrons. The van der Waals surface area contributed by atoms with Crippen molar-refractivity contribution in [2.24, 2.45) is 0 Å². The fourth-order valence-corrected chi connectivity index (χ4v) is 2.60. The maximum atomic E-state index is 5.76. The second-order valence-corrected chi connectivity index (χ2v) is 5.71. The molecule has 0 amide bonds. The molecule has 4 heteroatoms. The number of hydrogen-bond donors (Lipinski definition) is 0. The van der Waals surface area contributed by atoms with Crippen molar-refractivity contribution in [3.05, 3.63) is 41.1 Å². The molecule has 2 heterocycles. The number of thiophene rings is 1. The summed E-state index contributed by atoms with van der Waals surface area (Å²) in [5.41, 5.74) is 2.19. The molecule has 102 valence electrons. The molecular weight excluding hydrogens is 256 g/mol. The highest BCUT2D eigenvalue weighted by molar-refractivity contribution is 7.13. The maximum absolute atomic E-state index is 5.76. The lowest BCUT2D eigenvalue weighted by atomic mass is 10.3. The van der Waals surface area contributed by atoms with Gasteiger partial charge in [0.25, 0.3) is 0 Å². The van der Waals surface area contributed by atoms with Crippen LogP contribution >= 0.6 is 11.3 Å². The van der Waals surface area contributed by atoms with Gasteiger partial charge in [-0.25, -0.2) is 4.98 Å². The van der Waals surface area contributed by atoms with Crippen LogP contribution in [0, 0.1) is 6.92 Å². The number of hydrogen-bond acceptors (Lipinski definition) is 4. The van der Waals surface area contributed by atoms with Gasteiger partial charge in [0.15, 0.2) is 0 Å². The monoisotopic (exact) mass is 276 g/mol. The van der Waals surface area contributed by atoms with Crippen molar-refractivity contribution in [3.8, 4) is 10.8 Å². The zero-order valence-corrected chi connectivity index (χ0v) is 12.6. The number of likely N-dealkylation sites (N-methyl/N-ethyl adjacent to an activating group) is 1. The molecule has 0 aliphatic carbocycles. The molecule has 2 aromatic heterocycles. The van der Waals surface area contributed by atoms with Gasteiger partial charge in [-0.3, -0.25) is 4.90 Å². The van der Waals surface area contributed by atoms with E-state index in [2.05, 4.69) is 30.3 Å². The summed E-state index contributed by atoms with van der Waals surface area (Å²) in [7, 11) is 0. The van der Waals surface area contributed by atoms with Crippen LogP contribution in [0.5, 0.6) is 0 Å². The lowest BCUT2D eigenvalue weighted by Crippen LogP contribution is -2.25. The van der Waals surface area contributed by atoms with Crippen molar-refractivity contribution in [2.45, 2.75) is 27.3 Å². The van der Waals surface area contributed by atoms with Crippen LogP contribution < -0.4 is 0 Å². The van der Waals surface area contributed by atoms with Gasteiger partial charge in [0.2, 0.25) is 5.89 Å². The van der Waals surface area contributed by atoms with E-state index in [0.717, 1.165) is 41.9 Å². The van der Waals surface area contributed by atoms with Gasteiger partial charge in [-0.1, -0.05) is 25.1 Å². The quantitative estimate of drug-likeness (QED) is 0.744. The van der Waals surface area contributed by atoms with Crippen molar-refractivity contribution in [2.75, 3.05) is 13.1 Å². The first-order chi connectivity index (χ1) is 9.10. The Hall–Kier alpha value is -1.39. The van der Waals surface area contributed by atoms with Gasteiger partial charge in [-0.2, -0.15) is 0 Å². The Balaban J connectivity index is 2.14. The molecule has 3 nitrogen and oxygen atoms in total. The molecule has 0 bridgehead atoms. The minimum absolute atomic E-state index is 0.730. The Bertz CT molecular complexity index is 543. The van der Waals surface area contributed by atoms with Crippen molar-refractivity contribution < 1.29 is 4.42 Å². The van der Waals surface area contributed by atoms with E-state index in [-0.39, 0.29) is 0 Å². The Morgan fingerprint density at radius 1 is 1.53 bits per heavy atom. The second-order valence-electron chi connectivity index (χ2n) is 4.76. The first kappa shape index (κ1) is 14.0. The minimum Gasteiger partial charge on any atom is -0.440 e. The molecule has 0 unspecified atom stereocenters. The topological polar surface area (TPSA) is 29.3 Å². The van der Waals surface area contributed by atoms with E-state index in [0.29, 0.717) is 0 Å². The van der Waals surface area contributed by atoms with E-state index in [1.807, 2.05) is 24.4 Å². The van der Waals surface area contributed by atoms with E-state index < -0.39 is 0 Å². The Morgan fingerprint density at radius 3 is 2.89 bits per heavy atom. The smallest absolute Gasteiger partial charge is 0.236 e. The molecule has 0 fully saturated rings. The van der Waals surface area contributed by atoms with Crippen LogP contribution in [0.2, 0.25) is 0 Å². The van der Waals surface area contributed by atoms with Crippen LogP contribution in [-0.4, -0.2) is 23.0 Å². The number of aromatic nitrogens is 1. The largest absolute Gasteiger partial charge is 0.440 e. The number of rotatable bonds is 6. The average Bonchev–Trinajstić information content (AvgIpc) is 2.98. The summed E-state index contributed by atoms with van der Waals surface area (Å²) in [5.74, 6) is 1.64. The van der Waals surface area contributed by atoms with Crippen LogP contribution in [0.15, 0.2) is 34.1 Å². The standard InChI is InChI=1S/C15H20N2OS/c1-5-17(9-11(2)3)10-13-12(4)18-15(16-13)14-7-6-8-19-14/h6-8H,2,5,9-10H2,1,3-4H3. The molecule has 2 rings (SSSR count). The third kappa shape index (κ3) is 3.55. The highest BCUT2D eigenvalue weighted by Gasteiger charge is 2.14. The predicted molar refractivity (Wildman–Crippen MR) is 80.3 cm³/mol. The third-order valence-corrected chi connectivity index (χ3v) is 3.80. The van der Waals surface area contributed by atoms with E-state index in [4.69, 9.17) is 4.42 Å². The fourth-order valence-electron chi connectivity index (χ4n) is 1.95. The lowest BCUT2D eigenvalue weighted by Gasteiger charge is -2.19. The maximum Gasteiger partial charge on any atom is 0.236 e. The predicted octanol–water partition coefficient (Wildman–Crippen LogP) is 4.11. The summed E-state index contributed by atoms with van der Waals surface area (Å²) in [6, 6.07) is 4.05. The summed E-state index contributed by atoms with van der Waals surface area (Å²) < 4.78 is 5.76. The third-order valence-electron chi connectivity index (χ3n) is 2.94. The number of aryl methyl sites for hydroxylation is 1. The normalized spacial score (nSPS) is 11.2. The summed E-state index contributed by atoms with van der Waals surface area (Å²) in [6.07, 6.45) is 0. The SMILES string of the molecule is C=C(C)CN(CC)Cc1nc(-c2cccs2)oc1C. The molecular formula is C15H20N2OS. The van der Waals surface area contributed by atoms with Gasteiger partial charge in [-0.05, 0) is 31.8 Å². The number of nitrogens with zero attached hydrogens (tertiary/aromatic N) is 2. The van der Waals surface area contributed by atoms with Crippen molar-refractivity contribution in [1.29, 1.82) is 0 Å². The van der Waals surface area contributed by atoms with E-state index in [9.17, 15) is 0 Å². The average molecular weight is 276 g/mol. The molecule has 0 aliphatic heterocycles. The molecule has 19 heavy (non-hydrogen) atoms. The van der Waals surface area contributed by atoms with Crippen LogP contribution in [0.1, 0.15) is 25.3 Å². The summed E-state index contributed by atoms with van der Waals surface area (Å²) in [5, 5.41) is 2.04. The molecule has 0 saturated heterocycles. The molecule has 0 N–H and O–H groups in total. The fraction of sp³-hybridized carbons (Fsp3) is 0.400. The Labute approximate surface area is 118 Å². The van der Waals surface area contributed by atoms with Gasteiger partial charge in [0.05, 0.1) is 10.6 Å². The molecule has 0 atom stereocenters. The lowest BCUT2D eigenvalue weighted by molar-refractivity contribution is 0.299. The van der Waals surface area contributed by atoms with Gasteiger partial charge in [0, 0.05) is 13.1 Å². The molecule has 0 saturated carbocycles. The van der Waals surface area contributed by atoms with Gasteiger partial charge in [0.1, 0.15) is 5.76 Å². The van der Waals surface area contributed by atoms with Crippen molar-refractivity contribution >= 4 is 11.3 Å².